The van der Waals surface area contributed by atoms with Crippen LogP contribution in [0, 0.1) is 0 Å². The van der Waals surface area contributed by atoms with Crippen LogP contribution in [0.25, 0.3) is 0 Å². The lowest BCUT2D eigenvalue weighted by atomic mass is 10.1. The van der Waals surface area contributed by atoms with Crippen molar-refractivity contribution >= 4 is 18.0 Å². The topological polar surface area (TPSA) is 37.3 Å². The number of hydrogen-bond acceptors (Lipinski definition) is 3. The Kier molecular flexibility index (Phi) is 3.51. The number of carbonyl (C=O) groups excluding carboxylic acids is 1. The molecule has 1 rings (SSSR count). The Morgan fingerprint density at radius 3 is 2.54 bits per heavy atom. The number of rotatable bonds is 4. The van der Waals surface area contributed by atoms with Gasteiger partial charge in [-0.05, 0) is 5.75 Å². The smallest absolute Gasteiger partial charge is 0.192 e. The fourth-order valence-electron chi connectivity index (χ4n) is 1.08. The van der Waals surface area contributed by atoms with E-state index in [1.807, 2.05) is 13.0 Å². The minimum absolute atomic E-state index is 0.580. The molecule has 70 valence electrons. The van der Waals surface area contributed by atoms with E-state index in [-0.39, 0.29) is 0 Å². The van der Waals surface area contributed by atoms with E-state index in [1.165, 1.54) is 11.8 Å². The summed E-state index contributed by atoms with van der Waals surface area (Å²) in [5.41, 5.74) is 0.636. The maximum Gasteiger partial charge on any atom is 0.192 e. The zero-order valence-electron chi connectivity index (χ0n) is 7.43. The summed E-state index contributed by atoms with van der Waals surface area (Å²) in [6.07, 6.45) is 0.580. The number of carbonyl (C=O) groups is 1. The van der Waals surface area contributed by atoms with Crippen molar-refractivity contribution in [3.8, 4) is 0 Å². The van der Waals surface area contributed by atoms with Crippen molar-refractivity contribution in [3.05, 3.63) is 35.9 Å². The summed E-state index contributed by atoms with van der Waals surface area (Å²) in [6, 6.07) is 8.96. The highest BCUT2D eigenvalue weighted by Crippen LogP contribution is 2.30. The Bertz CT molecular complexity index is 274. The Balaban J connectivity index is 2.95. The van der Waals surface area contributed by atoms with Crippen LogP contribution in [0.1, 0.15) is 12.5 Å². The Labute approximate surface area is 82.0 Å². The molecule has 1 aromatic carbocycles. The number of aldehydes is 1. The third-order valence-corrected chi connectivity index (χ3v) is 2.77. The van der Waals surface area contributed by atoms with Gasteiger partial charge in [0.05, 0.1) is 0 Å². The van der Waals surface area contributed by atoms with Gasteiger partial charge in [0.15, 0.2) is 11.2 Å². The normalized spacial score (nSPS) is 14.9. The fourth-order valence-corrected chi connectivity index (χ4v) is 1.89. The SMILES string of the molecule is CCSC(O)(C=O)c1ccccc1. The molecule has 0 amide bonds. The van der Waals surface area contributed by atoms with Crippen LogP contribution < -0.4 is 0 Å². The largest absolute Gasteiger partial charge is 0.369 e. The van der Waals surface area contributed by atoms with Crippen LogP contribution in [0.3, 0.4) is 0 Å². The van der Waals surface area contributed by atoms with Crippen LogP contribution in [-0.2, 0) is 9.73 Å². The number of hydrogen-bond donors (Lipinski definition) is 1. The summed E-state index contributed by atoms with van der Waals surface area (Å²) in [7, 11) is 0. The fraction of sp³-hybridized carbons (Fsp3) is 0.300. The van der Waals surface area contributed by atoms with E-state index in [1.54, 1.807) is 24.3 Å². The van der Waals surface area contributed by atoms with Crippen molar-refractivity contribution in [1.29, 1.82) is 0 Å². The second kappa shape index (κ2) is 4.44. The first-order valence-corrected chi connectivity index (χ1v) is 5.09. The summed E-state index contributed by atoms with van der Waals surface area (Å²) in [5, 5.41) is 9.89. The van der Waals surface area contributed by atoms with Gasteiger partial charge in [0.1, 0.15) is 0 Å². The standard InChI is InChI=1S/C10H12O2S/c1-2-13-10(12,8-11)9-6-4-3-5-7-9/h3-8,12H,2H2,1H3. The van der Waals surface area contributed by atoms with E-state index in [4.69, 9.17) is 0 Å². The highest BCUT2D eigenvalue weighted by atomic mass is 32.2. The first kappa shape index (κ1) is 10.3. The second-order valence-corrected chi connectivity index (χ2v) is 4.10. The summed E-state index contributed by atoms with van der Waals surface area (Å²) in [5.74, 6) is 0.699. The molecule has 0 aliphatic heterocycles. The molecule has 1 atom stereocenters. The molecule has 1 aromatic rings. The van der Waals surface area contributed by atoms with Crippen LogP contribution in [0.2, 0.25) is 0 Å². The average molecular weight is 196 g/mol. The molecular weight excluding hydrogens is 184 g/mol. The van der Waals surface area contributed by atoms with Gasteiger partial charge in [0.25, 0.3) is 0 Å². The number of thioether (sulfide) groups is 1. The Hall–Kier alpha value is -0.800. The molecule has 0 spiro atoms. The molecule has 0 heterocycles. The Morgan fingerprint density at radius 2 is 2.08 bits per heavy atom. The van der Waals surface area contributed by atoms with Gasteiger partial charge in [-0.15, -0.1) is 11.8 Å². The summed E-state index contributed by atoms with van der Waals surface area (Å²) in [4.78, 5) is 9.37. The summed E-state index contributed by atoms with van der Waals surface area (Å²) in [6.45, 7) is 1.90. The van der Waals surface area contributed by atoms with Gasteiger partial charge in [0, 0.05) is 5.56 Å². The minimum Gasteiger partial charge on any atom is -0.369 e. The van der Waals surface area contributed by atoms with Crippen molar-refractivity contribution in [2.45, 2.75) is 11.9 Å². The van der Waals surface area contributed by atoms with E-state index in [0.717, 1.165) is 0 Å². The molecule has 0 saturated heterocycles. The average Bonchev–Trinajstić information content (AvgIpc) is 2.19. The van der Waals surface area contributed by atoms with Gasteiger partial charge in [-0.3, -0.25) is 4.79 Å². The van der Waals surface area contributed by atoms with E-state index >= 15 is 0 Å². The molecule has 0 aromatic heterocycles. The molecule has 3 heteroatoms. The van der Waals surface area contributed by atoms with E-state index < -0.39 is 4.93 Å². The van der Waals surface area contributed by atoms with Crippen molar-refractivity contribution in [1.82, 2.24) is 0 Å². The predicted molar refractivity (Wildman–Crippen MR) is 54.5 cm³/mol. The molecule has 0 radical (unpaired) electrons. The molecule has 0 aliphatic rings. The maximum atomic E-state index is 10.7. The predicted octanol–water partition coefficient (Wildman–Crippen LogP) is 1.78. The van der Waals surface area contributed by atoms with Crippen LogP contribution in [0.4, 0.5) is 0 Å². The van der Waals surface area contributed by atoms with Gasteiger partial charge in [-0.2, -0.15) is 0 Å². The van der Waals surface area contributed by atoms with Crippen molar-refractivity contribution in [2.24, 2.45) is 0 Å². The van der Waals surface area contributed by atoms with Gasteiger partial charge in [-0.25, -0.2) is 0 Å². The lowest BCUT2D eigenvalue weighted by Gasteiger charge is -2.20. The van der Waals surface area contributed by atoms with Crippen LogP contribution in [-0.4, -0.2) is 17.1 Å². The molecule has 0 fully saturated rings. The zero-order chi connectivity index (χ0) is 9.73. The molecule has 1 N–H and O–H groups in total. The van der Waals surface area contributed by atoms with Crippen LogP contribution in [0.5, 0.6) is 0 Å². The molecule has 13 heavy (non-hydrogen) atoms. The van der Waals surface area contributed by atoms with Crippen LogP contribution >= 0.6 is 11.8 Å². The monoisotopic (exact) mass is 196 g/mol. The van der Waals surface area contributed by atoms with Crippen molar-refractivity contribution < 1.29 is 9.90 Å². The highest BCUT2D eigenvalue weighted by Gasteiger charge is 2.27. The van der Waals surface area contributed by atoms with Crippen molar-refractivity contribution in [2.75, 3.05) is 5.75 Å². The number of benzene rings is 1. The molecule has 2 nitrogen and oxygen atoms in total. The lowest BCUT2D eigenvalue weighted by Crippen LogP contribution is -2.23. The quantitative estimate of drug-likeness (QED) is 0.589. The molecule has 0 saturated carbocycles. The Morgan fingerprint density at radius 1 is 1.46 bits per heavy atom. The second-order valence-electron chi connectivity index (χ2n) is 2.61. The first-order valence-electron chi connectivity index (χ1n) is 4.11. The van der Waals surface area contributed by atoms with Gasteiger partial charge >= 0.3 is 0 Å². The minimum atomic E-state index is -1.38. The third kappa shape index (κ3) is 2.32. The van der Waals surface area contributed by atoms with Crippen LogP contribution in [0.15, 0.2) is 30.3 Å². The highest BCUT2D eigenvalue weighted by molar-refractivity contribution is 8.00. The lowest BCUT2D eigenvalue weighted by molar-refractivity contribution is -0.117. The third-order valence-electron chi connectivity index (χ3n) is 1.71. The van der Waals surface area contributed by atoms with Gasteiger partial charge in [0.2, 0.25) is 0 Å². The first-order chi connectivity index (χ1) is 6.23. The molecule has 1 unspecified atom stereocenters. The zero-order valence-corrected chi connectivity index (χ0v) is 8.25. The van der Waals surface area contributed by atoms with Gasteiger partial charge in [-0.1, -0.05) is 37.3 Å². The molecule has 0 bridgehead atoms. The van der Waals surface area contributed by atoms with E-state index in [9.17, 15) is 9.90 Å². The summed E-state index contributed by atoms with van der Waals surface area (Å²) >= 11 is 1.22. The maximum absolute atomic E-state index is 10.7. The number of aliphatic hydroxyl groups is 1. The molecule has 0 aliphatic carbocycles. The van der Waals surface area contributed by atoms with E-state index in [0.29, 0.717) is 17.6 Å². The molecular formula is C10H12O2S. The van der Waals surface area contributed by atoms with E-state index in [2.05, 4.69) is 0 Å². The summed E-state index contributed by atoms with van der Waals surface area (Å²) < 4.78 is 0. The van der Waals surface area contributed by atoms with Crippen molar-refractivity contribution in [3.63, 3.8) is 0 Å². The van der Waals surface area contributed by atoms with Gasteiger partial charge < -0.3 is 5.11 Å².